The second-order valence-electron chi connectivity index (χ2n) is 5.79. The first-order valence-electron chi connectivity index (χ1n) is 6.66. The van der Waals surface area contributed by atoms with Gasteiger partial charge in [0.1, 0.15) is 15.8 Å². The molecule has 2 aliphatic rings. The predicted molar refractivity (Wildman–Crippen MR) is 75.7 cm³/mol. The van der Waals surface area contributed by atoms with Crippen molar-refractivity contribution in [3.63, 3.8) is 0 Å². The molecular weight excluding hydrogens is 264 g/mol. The minimum absolute atomic E-state index is 0.197. The van der Waals surface area contributed by atoms with E-state index in [1.54, 1.807) is 0 Å². The van der Waals surface area contributed by atoms with E-state index in [0.717, 1.165) is 22.5 Å². The molecule has 0 atom stereocenters. The lowest BCUT2D eigenvalue weighted by Gasteiger charge is -2.11. The van der Waals surface area contributed by atoms with Crippen molar-refractivity contribution in [1.82, 2.24) is 9.97 Å². The number of hydrogen-bond acceptors (Lipinski definition) is 3. The van der Waals surface area contributed by atoms with Gasteiger partial charge in [-0.2, -0.15) is 0 Å². The first-order chi connectivity index (χ1) is 8.67. The van der Waals surface area contributed by atoms with Gasteiger partial charge < -0.3 is 0 Å². The molecule has 94 valence electrons. The van der Waals surface area contributed by atoms with Gasteiger partial charge in [-0.05, 0) is 44.1 Å². The second-order valence-corrected chi connectivity index (χ2v) is 7.23. The molecule has 1 saturated carbocycles. The van der Waals surface area contributed by atoms with Crippen molar-refractivity contribution in [2.75, 3.05) is 0 Å². The van der Waals surface area contributed by atoms with Crippen molar-refractivity contribution >= 4 is 33.2 Å². The topological polar surface area (TPSA) is 25.8 Å². The normalized spacial score (nSPS) is 21.0. The summed E-state index contributed by atoms with van der Waals surface area (Å²) in [7, 11) is 0. The zero-order chi connectivity index (χ0) is 12.3. The summed E-state index contributed by atoms with van der Waals surface area (Å²) in [6, 6.07) is 0. The molecule has 2 aromatic heterocycles. The molecule has 1 fully saturated rings. The molecule has 0 N–H and O–H groups in total. The van der Waals surface area contributed by atoms with Crippen molar-refractivity contribution < 1.29 is 0 Å². The Labute approximate surface area is 115 Å². The van der Waals surface area contributed by atoms with E-state index < -0.39 is 0 Å². The molecule has 0 unspecified atom stereocenters. The minimum Gasteiger partial charge on any atom is -0.221 e. The van der Waals surface area contributed by atoms with Gasteiger partial charge in [0, 0.05) is 10.3 Å². The van der Waals surface area contributed by atoms with Gasteiger partial charge in [0.05, 0.1) is 5.39 Å². The highest BCUT2D eigenvalue weighted by molar-refractivity contribution is 7.19. The largest absolute Gasteiger partial charge is 0.221 e. The Hall–Kier alpha value is -0.670. The maximum Gasteiger partial charge on any atom is 0.141 e. The molecule has 0 bridgehead atoms. The first-order valence-corrected chi connectivity index (χ1v) is 7.85. The van der Waals surface area contributed by atoms with Crippen LogP contribution in [0, 0.1) is 0 Å². The van der Waals surface area contributed by atoms with E-state index in [4.69, 9.17) is 16.6 Å². The maximum atomic E-state index is 6.43. The standard InChI is InChI=1S/C14H15ClN2S/c1-14(6-7-14)13-16-11(15)10-8-4-2-3-5-9(8)18-12(10)17-13/h2-7H2,1H3. The molecule has 0 radical (unpaired) electrons. The number of fused-ring (bicyclic) bond motifs is 3. The van der Waals surface area contributed by atoms with E-state index in [-0.39, 0.29) is 5.41 Å². The number of hydrogen-bond donors (Lipinski definition) is 0. The first kappa shape index (κ1) is 11.2. The Morgan fingerprint density at radius 2 is 1.94 bits per heavy atom. The van der Waals surface area contributed by atoms with Crippen LogP contribution in [0.4, 0.5) is 0 Å². The fourth-order valence-corrected chi connectivity index (χ4v) is 4.39. The summed E-state index contributed by atoms with van der Waals surface area (Å²) in [6.07, 6.45) is 7.30. The highest BCUT2D eigenvalue weighted by atomic mass is 35.5. The van der Waals surface area contributed by atoms with E-state index >= 15 is 0 Å². The smallest absolute Gasteiger partial charge is 0.141 e. The number of halogens is 1. The van der Waals surface area contributed by atoms with Gasteiger partial charge in [0.2, 0.25) is 0 Å². The molecule has 0 saturated heterocycles. The number of nitrogens with zero attached hydrogens (tertiary/aromatic N) is 2. The second kappa shape index (κ2) is 3.67. The molecular formula is C14H15ClN2S. The van der Waals surface area contributed by atoms with E-state index in [1.807, 2.05) is 11.3 Å². The lowest BCUT2D eigenvalue weighted by molar-refractivity contribution is 0.699. The van der Waals surface area contributed by atoms with Gasteiger partial charge >= 0.3 is 0 Å². The minimum atomic E-state index is 0.197. The van der Waals surface area contributed by atoms with Crippen molar-refractivity contribution in [1.29, 1.82) is 0 Å². The molecule has 18 heavy (non-hydrogen) atoms. The van der Waals surface area contributed by atoms with Gasteiger partial charge in [-0.25, -0.2) is 9.97 Å². The van der Waals surface area contributed by atoms with Crippen LogP contribution in [0.15, 0.2) is 0 Å². The third-order valence-electron chi connectivity index (χ3n) is 4.31. The summed E-state index contributed by atoms with van der Waals surface area (Å²) in [5.41, 5.74) is 1.63. The van der Waals surface area contributed by atoms with Crippen molar-refractivity contribution in [2.24, 2.45) is 0 Å². The average Bonchev–Trinajstić information content (AvgIpc) is 3.00. The fraction of sp³-hybridized carbons (Fsp3) is 0.571. The lowest BCUT2D eigenvalue weighted by atomic mass is 9.97. The molecule has 4 rings (SSSR count). The van der Waals surface area contributed by atoms with Gasteiger partial charge in [-0.1, -0.05) is 18.5 Å². The number of aryl methyl sites for hydroxylation is 2. The van der Waals surface area contributed by atoms with Gasteiger partial charge in [0.25, 0.3) is 0 Å². The highest BCUT2D eigenvalue weighted by Gasteiger charge is 2.42. The van der Waals surface area contributed by atoms with Gasteiger partial charge in [-0.15, -0.1) is 11.3 Å². The Morgan fingerprint density at radius 3 is 2.72 bits per heavy atom. The maximum absolute atomic E-state index is 6.43. The average molecular weight is 279 g/mol. The molecule has 2 aromatic rings. The number of thiophene rings is 1. The van der Waals surface area contributed by atoms with Crippen LogP contribution in [0.3, 0.4) is 0 Å². The lowest BCUT2D eigenvalue weighted by Crippen LogP contribution is -2.07. The van der Waals surface area contributed by atoms with Crippen LogP contribution in [0.25, 0.3) is 10.2 Å². The Morgan fingerprint density at radius 1 is 1.17 bits per heavy atom. The summed E-state index contributed by atoms with van der Waals surface area (Å²) >= 11 is 8.27. The predicted octanol–water partition coefficient (Wildman–Crippen LogP) is 4.28. The highest BCUT2D eigenvalue weighted by Crippen LogP contribution is 2.47. The third-order valence-corrected chi connectivity index (χ3v) is 5.77. The summed E-state index contributed by atoms with van der Waals surface area (Å²) in [5.74, 6) is 0.957. The van der Waals surface area contributed by atoms with E-state index in [2.05, 4.69) is 11.9 Å². The van der Waals surface area contributed by atoms with Crippen LogP contribution >= 0.6 is 22.9 Å². The summed E-state index contributed by atoms with van der Waals surface area (Å²) < 4.78 is 0. The Kier molecular flexibility index (Phi) is 2.28. The molecule has 4 heteroatoms. The molecule has 2 aliphatic carbocycles. The summed E-state index contributed by atoms with van der Waals surface area (Å²) in [5, 5.41) is 1.83. The molecule has 0 amide bonds. The van der Waals surface area contributed by atoms with Crippen LogP contribution in [0.5, 0.6) is 0 Å². The van der Waals surface area contributed by atoms with Crippen LogP contribution in [0.2, 0.25) is 5.15 Å². The Bertz CT molecular complexity index is 643. The molecule has 2 nitrogen and oxygen atoms in total. The quantitative estimate of drug-likeness (QED) is 0.728. The van der Waals surface area contributed by atoms with E-state index in [0.29, 0.717) is 5.15 Å². The van der Waals surface area contributed by atoms with Gasteiger partial charge in [-0.3, -0.25) is 0 Å². The number of rotatable bonds is 1. The third kappa shape index (κ3) is 1.53. The zero-order valence-corrected chi connectivity index (χ0v) is 12.0. The molecule has 2 heterocycles. The molecule has 0 spiro atoms. The molecule has 0 aliphatic heterocycles. The monoisotopic (exact) mass is 278 g/mol. The van der Waals surface area contributed by atoms with E-state index in [9.17, 15) is 0 Å². The summed E-state index contributed by atoms with van der Waals surface area (Å²) in [6.45, 7) is 2.23. The van der Waals surface area contributed by atoms with Gasteiger partial charge in [0.15, 0.2) is 0 Å². The van der Waals surface area contributed by atoms with E-state index in [1.165, 1.54) is 42.5 Å². The van der Waals surface area contributed by atoms with Crippen LogP contribution in [0.1, 0.15) is 48.9 Å². The summed E-state index contributed by atoms with van der Waals surface area (Å²) in [4.78, 5) is 12.0. The van der Waals surface area contributed by atoms with Crippen LogP contribution in [-0.4, -0.2) is 9.97 Å². The zero-order valence-electron chi connectivity index (χ0n) is 10.4. The Balaban J connectivity index is 1.97. The van der Waals surface area contributed by atoms with Crippen LogP contribution in [-0.2, 0) is 18.3 Å². The van der Waals surface area contributed by atoms with Crippen molar-refractivity contribution in [3.8, 4) is 0 Å². The van der Waals surface area contributed by atoms with Crippen LogP contribution < -0.4 is 0 Å². The SMILES string of the molecule is CC1(c2nc(Cl)c3c4c(sc3n2)CCCC4)CC1. The molecule has 0 aromatic carbocycles. The number of aromatic nitrogens is 2. The van der Waals surface area contributed by atoms with Crippen molar-refractivity contribution in [3.05, 3.63) is 21.4 Å². The fourth-order valence-electron chi connectivity index (χ4n) is 2.79. The van der Waals surface area contributed by atoms with Crippen molar-refractivity contribution in [2.45, 2.75) is 50.9 Å².